The van der Waals surface area contributed by atoms with Crippen LogP contribution in [0.5, 0.6) is 0 Å². The van der Waals surface area contributed by atoms with Gasteiger partial charge in [-0.1, -0.05) is 13.3 Å². The van der Waals surface area contributed by atoms with Gasteiger partial charge in [0.1, 0.15) is 0 Å². The van der Waals surface area contributed by atoms with Crippen molar-refractivity contribution in [1.29, 1.82) is 0 Å². The number of hydrogen-bond donors (Lipinski definition) is 1. The van der Waals surface area contributed by atoms with Gasteiger partial charge in [0.05, 0.1) is 13.1 Å². The van der Waals surface area contributed by atoms with E-state index in [1.165, 1.54) is 38.6 Å². The molecule has 1 unspecified atom stereocenters. The van der Waals surface area contributed by atoms with E-state index in [1.54, 1.807) is 0 Å². The summed E-state index contributed by atoms with van der Waals surface area (Å²) in [7, 11) is 0. The fraction of sp³-hybridized carbons (Fsp3) is 0.889. The van der Waals surface area contributed by atoms with Crippen molar-refractivity contribution in [3.05, 3.63) is 0 Å². The highest BCUT2D eigenvalue weighted by Gasteiger charge is 2.36. The molecule has 7 heteroatoms. The second kappa shape index (κ2) is 9.94. The third-order valence-corrected chi connectivity index (χ3v) is 5.49. The average molecular weight is 463 g/mol. The molecule has 0 bridgehead atoms. The third-order valence-electron chi connectivity index (χ3n) is 5.49. The number of likely N-dealkylation sites (tertiary alicyclic amines) is 1. The normalized spacial score (nSPS) is 25.8. The molecule has 1 saturated carbocycles. The van der Waals surface area contributed by atoms with E-state index < -0.39 is 0 Å². The van der Waals surface area contributed by atoms with Crippen LogP contribution in [0.4, 0.5) is 0 Å². The summed E-state index contributed by atoms with van der Waals surface area (Å²) in [4.78, 5) is 24.1. The molecule has 1 amide bonds. The first-order valence-corrected chi connectivity index (χ1v) is 9.79. The van der Waals surface area contributed by atoms with Gasteiger partial charge in [-0.15, -0.1) is 24.0 Å². The second-order valence-electron chi connectivity index (χ2n) is 7.21. The summed E-state index contributed by atoms with van der Waals surface area (Å²) in [5, 5.41) is 3.39. The highest BCUT2D eigenvalue weighted by atomic mass is 127. The quantitative estimate of drug-likeness (QED) is 0.384. The topological polar surface area (TPSA) is 51.2 Å². The number of carbonyl (C=O) groups is 1. The Hall–Kier alpha value is -0.570. The molecule has 2 heterocycles. The van der Waals surface area contributed by atoms with Gasteiger partial charge in [0.2, 0.25) is 5.91 Å². The number of aliphatic imine (C=N–C) groups is 1. The molecule has 0 aromatic heterocycles. The van der Waals surface area contributed by atoms with E-state index in [2.05, 4.69) is 33.9 Å². The van der Waals surface area contributed by atoms with Crippen LogP contribution in [-0.2, 0) is 4.79 Å². The summed E-state index contributed by atoms with van der Waals surface area (Å²) in [6.45, 7) is 10.5. The lowest BCUT2D eigenvalue weighted by Crippen LogP contribution is -2.56. The van der Waals surface area contributed by atoms with Crippen molar-refractivity contribution in [1.82, 2.24) is 20.0 Å². The Morgan fingerprint density at radius 3 is 2.60 bits per heavy atom. The molecule has 144 valence electrons. The fourth-order valence-electron chi connectivity index (χ4n) is 3.94. The van der Waals surface area contributed by atoms with Crippen molar-refractivity contribution in [3.63, 3.8) is 0 Å². The number of piperazine rings is 1. The summed E-state index contributed by atoms with van der Waals surface area (Å²) in [6, 6.07) is 1.08. The Balaban J connectivity index is 0.00000225. The number of amides is 1. The Morgan fingerprint density at radius 2 is 1.96 bits per heavy atom. The molecule has 3 aliphatic rings. The Bertz CT molecular complexity index is 468. The molecule has 0 aromatic carbocycles. The second-order valence-corrected chi connectivity index (χ2v) is 7.21. The van der Waals surface area contributed by atoms with Crippen LogP contribution in [0.15, 0.2) is 4.99 Å². The molecule has 3 rings (SSSR count). The zero-order valence-electron chi connectivity index (χ0n) is 15.7. The van der Waals surface area contributed by atoms with Gasteiger partial charge in [-0.25, -0.2) is 0 Å². The first-order chi connectivity index (χ1) is 11.7. The maximum atomic E-state index is 12.4. The molecular formula is C18H34IN5O. The molecule has 0 radical (unpaired) electrons. The van der Waals surface area contributed by atoms with E-state index in [0.29, 0.717) is 18.6 Å². The number of guanidine groups is 1. The summed E-state index contributed by atoms with van der Waals surface area (Å²) < 4.78 is 0. The van der Waals surface area contributed by atoms with Crippen LogP contribution in [-0.4, -0.2) is 84.5 Å². The molecule has 0 spiro atoms. The highest BCUT2D eigenvalue weighted by Crippen LogP contribution is 2.28. The minimum atomic E-state index is 0. The van der Waals surface area contributed by atoms with Crippen LogP contribution in [0.1, 0.15) is 46.0 Å². The summed E-state index contributed by atoms with van der Waals surface area (Å²) in [6.07, 6.45) is 6.24. The number of nitrogens with zero attached hydrogens (tertiary/aromatic N) is 4. The Morgan fingerprint density at radius 1 is 1.16 bits per heavy atom. The number of halogens is 1. The van der Waals surface area contributed by atoms with E-state index in [9.17, 15) is 4.79 Å². The predicted octanol–water partition coefficient (Wildman–Crippen LogP) is 1.75. The lowest BCUT2D eigenvalue weighted by atomic mass is 10.0. The lowest BCUT2D eigenvalue weighted by Gasteiger charge is -2.37. The van der Waals surface area contributed by atoms with Crippen molar-refractivity contribution in [2.24, 2.45) is 4.99 Å². The number of rotatable bonds is 5. The standard InChI is InChI=1S/C18H33N5O.HI/c1-3-19-18(20-13-16-7-5-6-10-21(16)4-2)22-11-12-23(15-8-9-15)17(24)14-22;/h15-16H,3-14H2,1-2H3,(H,19,20);1H. The molecular weight excluding hydrogens is 429 g/mol. The minimum absolute atomic E-state index is 0. The van der Waals surface area contributed by atoms with Crippen molar-refractivity contribution >= 4 is 35.8 Å². The van der Waals surface area contributed by atoms with Gasteiger partial charge in [-0.3, -0.25) is 14.7 Å². The molecule has 25 heavy (non-hydrogen) atoms. The van der Waals surface area contributed by atoms with E-state index in [0.717, 1.165) is 38.7 Å². The number of hydrogen-bond acceptors (Lipinski definition) is 3. The van der Waals surface area contributed by atoms with E-state index >= 15 is 0 Å². The van der Waals surface area contributed by atoms with Gasteiger partial charge in [-0.2, -0.15) is 0 Å². The monoisotopic (exact) mass is 463 g/mol. The van der Waals surface area contributed by atoms with Crippen LogP contribution in [0.2, 0.25) is 0 Å². The Labute approximate surface area is 169 Å². The van der Waals surface area contributed by atoms with Crippen molar-refractivity contribution in [2.75, 3.05) is 45.8 Å². The first-order valence-electron chi connectivity index (χ1n) is 9.79. The van der Waals surface area contributed by atoms with Crippen LogP contribution in [0.25, 0.3) is 0 Å². The fourth-order valence-corrected chi connectivity index (χ4v) is 3.94. The van der Waals surface area contributed by atoms with Gasteiger partial charge in [0.15, 0.2) is 5.96 Å². The molecule has 2 saturated heterocycles. The molecule has 2 aliphatic heterocycles. The van der Waals surface area contributed by atoms with Gasteiger partial charge >= 0.3 is 0 Å². The van der Waals surface area contributed by atoms with E-state index in [-0.39, 0.29) is 29.9 Å². The number of piperidine rings is 1. The molecule has 3 fully saturated rings. The third kappa shape index (κ3) is 5.45. The zero-order chi connectivity index (χ0) is 16.9. The smallest absolute Gasteiger partial charge is 0.242 e. The summed E-state index contributed by atoms with van der Waals surface area (Å²) in [5.41, 5.74) is 0. The minimum Gasteiger partial charge on any atom is -0.357 e. The summed E-state index contributed by atoms with van der Waals surface area (Å²) >= 11 is 0. The highest BCUT2D eigenvalue weighted by molar-refractivity contribution is 14.0. The molecule has 6 nitrogen and oxygen atoms in total. The largest absolute Gasteiger partial charge is 0.357 e. The summed E-state index contributed by atoms with van der Waals surface area (Å²) in [5.74, 6) is 1.19. The first kappa shape index (κ1) is 20.7. The van der Waals surface area contributed by atoms with Crippen molar-refractivity contribution in [2.45, 2.75) is 58.0 Å². The zero-order valence-corrected chi connectivity index (χ0v) is 18.1. The number of carbonyl (C=O) groups excluding carboxylic acids is 1. The van der Waals surface area contributed by atoms with Crippen molar-refractivity contribution in [3.8, 4) is 0 Å². The lowest BCUT2D eigenvalue weighted by molar-refractivity contribution is -0.135. The SMILES string of the molecule is CCNC(=NCC1CCCCN1CC)N1CCN(C2CC2)C(=O)C1.I. The van der Waals surface area contributed by atoms with E-state index in [4.69, 9.17) is 4.99 Å². The Kier molecular flexibility index (Phi) is 8.25. The number of nitrogens with one attached hydrogen (secondary N) is 1. The predicted molar refractivity (Wildman–Crippen MR) is 113 cm³/mol. The van der Waals surface area contributed by atoms with Gasteiger partial charge in [0.25, 0.3) is 0 Å². The number of likely N-dealkylation sites (N-methyl/N-ethyl adjacent to an activating group) is 1. The average Bonchev–Trinajstić information content (AvgIpc) is 3.43. The molecule has 1 aliphatic carbocycles. The molecule has 1 atom stereocenters. The van der Waals surface area contributed by atoms with Crippen LogP contribution in [0, 0.1) is 0 Å². The van der Waals surface area contributed by atoms with Gasteiger partial charge in [-0.05, 0) is 45.7 Å². The van der Waals surface area contributed by atoms with Crippen molar-refractivity contribution < 1.29 is 4.79 Å². The van der Waals surface area contributed by atoms with Gasteiger partial charge in [0, 0.05) is 31.7 Å². The maximum absolute atomic E-state index is 12.4. The molecule has 1 N–H and O–H groups in total. The van der Waals surface area contributed by atoms with E-state index in [1.807, 2.05) is 0 Å². The van der Waals surface area contributed by atoms with Crippen LogP contribution in [0.3, 0.4) is 0 Å². The van der Waals surface area contributed by atoms with Crippen LogP contribution >= 0.6 is 24.0 Å². The maximum Gasteiger partial charge on any atom is 0.242 e. The van der Waals surface area contributed by atoms with Gasteiger partial charge < -0.3 is 15.1 Å². The van der Waals surface area contributed by atoms with Crippen LogP contribution < -0.4 is 5.32 Å². The molecule has 0 aromatic rings.